The van der Waals surface area contributed by atoms with Crippen molar-refractivity contribution in [2.24, 2.45) is 0 Å². The van der Waals surface area contributed by atoms with Crippen molar-refractivity contribution in [1.29, 1.82) is 0 Å². The molecule has 0 aromatic heterocycles. The van der Waals surface area contributed by atoms with Crippen molar-refractivity contribution in [1.82, 2.24) is 0 Å². The molecule has 0 atom stereocenters. The van der Waals surface area contributed by atoms with Gasteiger partial charge in [0.1, 0.15) is 5.75 Å². The van der Waals surface area contributed by atoms with E-state index >= 15 is 0 Å². The quantitative estimate of drug-likeness (QED) is 0.777. The standard InChI is InChI=1S/C13H9ClF2O/c1-17-12-7-8(5-6-10(12)14)9-3-2-4-11(15)13(9)16/h2-7H,1H3. The van der Waals surface area contributed by atoms with Gasteiger partial charge in [-0.1, -0.05) is 29.8 Å². The third-order valence-corrected chi connectivity index (χ3v) is 2.73. The van der Waals surface area contributed by atoms with Gasteiger partial charge in [-0.3, -0.25) is 0 Å². The van der Waals surface area contributed by atoms with Crippen LogP contribution < -0.4 is 4.74 Å². The summed E-state index contributed by atoms with van der Waals surface area (Å²) < 4.78 is 31.7. The Balaban J connectivity index is 2.57. The molecular weight excluding hydrogens is 246 g/mol. The maximum absolute atomic E-state index is 13.6. The van der Waals surface area contributed by atoms with Crippen molar-refractivity contribution in [3.8, 4) is 16.9 Å². The van der Waals surface area contributed by atoms with E-state index in [0.29, 0.717) is 16.3 Å². The van der Waals surface area contributed by atoms with Gasteiger partial charge in [0.15, 0.2) is 11.6 Å². The van der Waals surface area contributed by atoms with Gasteiger partial charge in [-0.15, -0.1) is 0 Å². The molecule has 0 saturated heterocycles. The summed E-state index contributed by atoms with van der Waals surface area (Å²) in [4.78, 5) is 0. The molecule has 0 spiro atoms. The first-order valence-corrected chi connectivity index (χ1v) is 5.29. The summed E-state index contributed by atoms with van der Waals surface area (Å²) >= 11 is 5.86. The van der Waals surface area contributed by atoms with Crippen LogP contribution in [0.15, 0.2) is 36.4 Å². The molecule has 4 heteroatoms. The molecule has 0 radical (unpaired) electrons. The van der Waals surface area contributed by atoms with Gasteiger partial charge < -0.3 is 4.74 Å². The molecule has 17 heavy (non-hydrogen) atoms. The summed E-state index contributed by atoms with van der Waals surface area (Å²) in [6, 6.07) is 8.80. The molecule has 0 saturated carbocycles. The molecule has 2 aromatic carbocycles. The van der Waals surface area contributed by atoms with E-state index in [1.54, 1.807) is 18.2 Å². The highest BCUT2D eigenvalue weighted by molar-refractivity contribution is 6.32. The van der Waals surface area contributed by atoms with E-state index in [4.69, 9.17) is 16.3 Å². The average molecular weight is 255 g/mol. The molecule has 0 bridgehead atoms. The Morgan fingerprint density at radius 1 is 1.12 bits per heavy atom. The fraction of sp³-hybridized carbons (Fsp3) is 0.0769. The van der Waals surface area contributed by atoms with Crippen LogP contribution in [-0.2, 0) is 0 Å². The summed E-state index contributed by atoms with van der Waals surface area (Å²) in [7, 11) is 1.47. The smallest absolute Gasteiger partial charge is 0.166 e. The molecule has 0 fully saturated rings. The van der Waals surface area contributed by atoms with Gasteiger partial charge in [0.05, 0.1) is 12.1 Å². The maximum Gasteiger partial charge on any atom is 0.166 e. The number of hydrogen-bond donors (Lipinski definition) is 0. The molecule has 0 amide bonds. The SMILES string of the molecule is COc1cc(-c2cccc(F)c2F)ccc1Cl. The fourth-order valence-corrected chi connectivity index (χ4v) is 1.75. The van der Waals surface area contributed by atoms with E-state index in [1.807, 2.05) is 0 Å². The molecule has 1 nitrogen and oxygen atoms in total. The lowest BCUT2D eigenvalue weighted by Crippen LogP contribution is -1.90. The third-order valence-electron chi connectivity index (χ3n) is 2.41. The van der Waals surface area contributed by atoms with Gasteiger partial charge >= 0.3 is 0 Å². The highest BCUT2D eigenvalue weighted by Gasteiger charge is 2.11. The van der Waals surface area contributed by atoms with E-state index in [-0.39, 0.29) is 5.56 Å². The first kappa shape index (κ1) is 11.9. The molecule has 2 aromatic rings. The molecule has 0 aliphatic rings. The maximum atomic E-state index is 13.6. The normalized spacial score (nSPS) is 10.4. The van der Waals surface area contributed by atoms with E-state index in [1.165, 1.54) is 19.2 Å². The number of halogens is 3. The Kier molecular flexibility index (Phi) is 3.29. The van der Waals surface area contributed by atoms with Crippen molar-refractivity contribution in [3.63, 3.8) is 0 Å². The molecule has 0 N–H and O–H groups in total. The van der Waals surface area contributed by atoms with Crippen LogP contribution in [0.3, 0.4) is 0 Å². The Morgan fingerprint density at radius 3 is 2.59 bits per heavy atom. The average Bonchev–Trinajstić information content (AvgIpc) is 2.34. The second kappa shape index (κ2) is 4.72. The zero-order valence-electron chi connectivity index (χ0n) is 9.01. The van der Waals surface area contributed by atoms with Crippen molar-refractivity contribution in [2.45, 2.75) is 0 Å². The summed E-state index contributed by atoms with van der Waals surface area (Å²) in [6.45, 7) is 0. The lowest BCUT2D eigenvalue weighted by molar-refractivity contribution is 0.415. The van der Waals surface area contributed by atoms with Gasteiger partial charge in [-0.2, -0.15) is 0 Å². The number of rotatable bonds is 2. The topological polar surface area (TPSA) is 9.23 Å². The molecule has 88 valence electrons. The van der Waals surface area contributed by atoms with Gasteiger partial charge in [-0.05, 0) is 23.8 Å². The minimum Gasteiger partial charge on any atom is -0.495 e. The first-order valence-electron chi connectivity index (χ1n) is 4.91. The van der Waals surface area contributed by atoms with E-state index in [2.05, 4.69) is 0 Å². The number of methoxy groups -OCH3 is 1. The number of benzene rings is 2. The van der Waals surface area contributed by atoms with Gasteiger partial charge in [0, 0.05) is 5.56 Å². The van der Waals surface area contributed by atoms with Crippen molar-refractivity contribution in [2.75, 3.05) is 7.11 Å². The summed E-state index contributed by atoms with van der Waals surface area (Å²) in [6.07, 6.45) is 0. The number of ether oxygens (including phenoxy) is 1. The molecule has 2 rings (SSSR count). The van der Waals surface area contributed by atoms with Crippen LogP contribution in [0.25, 0.3) is 11.1 Å². The highest BCUT2D eigenvalue weighted by Crippen LogP contribution is 2.32. The van der Waals surface area contributed by atoms with E-state index in [9.17, 15) is 8.78 Å². The lowest BCUT2D eigenvalue weighted by atomic mass is 10.0. The Bertz CT molecular complexity index is 555. The van der Waals surface area contributed by atoms with Crippen molar-refractivity contribution < 1.29 is 13.5 Å². The predicted octanol–water partition coefficient (Wildman–Crippen LogP) is 4.29. The molecule has 0 aliphatic heterocycles. The second-order valence-electron chi connectivity index (χ2n) is 3.45. The van der Waals surface area contributed by atoms with Crippen LogP contribution in [-0.4, -0.2) is 7.11 Å². The van der Waals surface area contributed by atoms with Crippen molar-refractivity contribution >= 4 is 11.6 Å². The second-order valence-corrected chi connectivity index (χ2v) is 3.86. The minimum atomic E-state index is -0.878. The van der Waals surface area contributed by atoms with Crippen LogP contribution in [0, 0.1) is 11.6 Å². The molecule has 0 unspecified atom stereocenters. The van der Waals surface area contributed by atoms with Crippen LogP contribution >= 0.6 is 11.6 Å². The van der Waals surface area contributed by atoms with Gasteiger partial charge in [0.2, 0.25) is 0 Å². The Hall–Kier alpha value is -1.61. The summed E-state index contributed by atoms with van der Waals surface area (Å²) in [5.41, 5.74) is 0.697. The first-order chi connectivity index (χ1) is 8.13. The van der Waals surface area contributed by atoms with Crippen LogP contribution in [0.5, 0.6) is 5.75 Å². The zero-order valence-corrected chi connectivity index (χ0v) is 9.76. The van der Waals surface area contributed by atoms with E-state index < -0.39 is 11.6 Å². The lowest BCUT2D eigenvalue weighted by Gasteiger charge is -2.07. The van der Waals surface area contributed by atoms with Crippen molar-refractivity contribution in [3.05, 3.63) is 53.1 Å². The summed E-state index contributed by atoms with van der Waals surface area (Å²) in [5, 5.41) is 0.424. The van der Waals surface area contributed by atoms with Gasteiger partial charge in [0.25, 0.3) is 0 Å². The highest BCUT2D eigenvalue weighted by atomic mass is 35.5. The monoisotopic (exact) mass is 254 g/mol. The molecule has 0 aliphatic carbocycles. The summed E-state index contributed by atoms with van der Waals surface area (Å²) in [5.74, 6) is -1.33. The largest absolute Gasteiger partial charge is 0.495 e. The minimum absolute atomic E-state index is 0.181. The third kappa shape index (κ3) is 2.24. The van der Waals surface area contributed by atoms with Crippen LogP contribution in [0.2, 0.25) is 5.02 Å². The Morgan fingerprint density at radius 2 is 1.88 bits per heavy atom. The van der Waals surface area contributed by atoms with Crippen LogP contribution in [0.4, 0.5) is 8.78 Å². The Labute approximate surface area is 103 Å². The van der Waals surface area contributed by atoms with E-state index in [0.717, 1.165) is 6.07 Å². The van der Waals surface area contributed by atoms with Crippen LogP contribution in [0.1, 0.15) is 0 Å². The molecule has 0 heterocycles. The van der Waals surface area contributed by atoms with Gasteiger partial charge in [-0.25, -0.2) is 8.78 Å². The molecular formula is C13H9ClF2O. The zero-order chi connectivity index (χ0) is 12.4. The number of hydrogen-bond acceptors (Lipinski definition) is 1. The fourth-order valence-electron chi connectivity index (χ4n) is 1.55. The predicted molar refractivity (Wildman–Crippen MR) is 63.4 cm³/mol.